The third kappa shape index (κ3) is 2.32. The SMILES string of the molecule is Cc1[nH]cc(CCc2cccc(F)c2)c1C.[HH].[HH]. The lowest BCUT2D eigenvalue weighted by Crippen LogP contribution is -1.92. The Morgan fingerprint density at radius 2 is 2.06 bits per heavy atom. The lowest BCUT2D eigenvalue weighted by Gasteiger charge is -2.02. The molecule has 1 nitrogen and oxygen atoms in total. The maximum atomic E-state index is 13.0. The van der Waals surface area contributed by atoms with Gasteiger partial charge in [0.25, 0.3) is 0 Å². The molecule has 1 aromatic carbocycles. The number of hydrogen-bond acceptors (Lipinski definition) is 0. The Hall–Kier alpha value is -1.57. The van der Waals surface area contributed by atoms with Crippen molar-refractivity contribution in [3.8, 4) is 0 Å². The fourth-order valence-corrected chi connectivity index (χ4v) is 1.88. The standard InChI is InChI=1S/C14H16FN.2H2/c1-10-11(2)16-9-13(10)7-6-12-4-3-5-14(15)8-12;;/h3-5,8-9,16H,6-7H2,1-2H3;2*1H. The summed E-state index contributed by atoms with van der Waals surface area (Å²) in [6.45, 7) is 4.19. The molecule has 0 atom stereocenters. The smallest absolute Gasteiger partial charge is 0.123 e. The average Bonchev–Trinajstić information content (AvgIpc) is 2.57. The van der Waals surface area contributed by atoms with Crippen LogP contribution in [0.1, 0.15) is 25.2 Å². The van der Waals surface area contributed by atoms with Crippen LogP contribution >= 0.6 is 0 Å². The normalized spacial score (nSPS) is 10.7. The van der Waals surface area contributed by atoms with Gasteiger partial charge in [-0.2, -0.15) is 0 Å². The maximum Gasteiger partial charge on any atom is 0.123 e. The molecule has 2 heteroatoms. The van der Waals surface area contributed by atoms with Gasteiger partial charge in [0.2, 0.25) is 0 Å². The highest BCUT2D eigenvalue weighted by atomic mass is 19.1. The van der Waals surface area contributed by atoms with Gasteiger partial charge >= 0.3 is 0 Å². The second-order valence-corrected chi connectivity index (χ2v) is 4.19. The van der Waals surface area contributed by atoms with E-state index in [0.29, 0.717) is 0 Å². The highest BCUT2D eigenvalue weighted by Crippen LogP contribution is 2.15. The van der Waals surface area contributed by atoms with Gasteiger partial charge in [-0.1, -0.05) is 12.1 Å². The van der Waals surface area contributed by atoms with Crippen LogP contribution in [0.4, 0.5) is 4.39 Å². The second kappa shape index (κ2) is 4.52. The van der Waals surface area contributed by atoms with Crippen LogP contribution in [0.25, 0.3) is 0 Å². The topological polar surface area (TPSA) is 15.8 Å². The van der Waals surface area contributed by atoms with Gasteiger partial charge in [-0.05, 0) is 55.5 Å². The molecule has 0 fully saturated rings. The molecule has 0 unspecified atom stereocenters. The second-order valence-electron chi connectivity index (χ2n) is 4.19. The Labute approximate surface area is 98.3 Å². The predicted molar refractivity (Wildman–Crippen MR) is 68.3 cm³/mol. The molecular weight excluding hydrogens is 201 g/mol. The van der Waals surface area contributed by atoms with E-state index in [0.717, 1.165) is 18.4 Å². The fourth-order valence-electron chi connectivity index (χ4n) is 1.88. The number of hydrogen-bond donors (Lipinski definition) is 1. The van der Waals surface area contributed by atoms with Crippen molar-refractivity contribution in [1.29, 1.82) is 0 Å². The highest BCUT2D eigenvalue weighted by molar-refractivity contribution is 5.29. The van der Waals surface area contributed by atoms with E-state index >= 15 is 0 Å². The Morgan fingerprint density at radius 1 is 1.25 bits per heavy atom. The van der Waals surface area contributed by atoms with Gasteiger partial charge in [0.05, 0.1) is 0 Å². The van der Waals surface area contributed by atoms with Crippen LogP contribution in [-0.4, -0.2) is 4.98 Å². The summed E-state index contributed by atoms with van der Waals surface area (Å²) in [5.41, 5.74) is 4.91. The molecule has 2 aromatic rings. The van der Waals surface area contributed by atoms with Gasteiger partial charge in [-0.25, -0.2) is 4.39 Å². The number of nitrogens with one attached hydrogen (secondary N) is 1. The molecule has 0 aliphatic carbocycles. The van der Waals surface area contributed by atoms with Crippen LogP contribution in [0, 0.1) is 19.7 Å². The summed E-state index contributed by atoms with van der Waals surface area (Å²) in [7, 11) is 0. The monoisotopic (exact) mass is 221 g/mol. The van der Waals surface area contributed by atoms with E-state index < -0.39 is 0 Å². The Balaban J connectivity index is 0.00000144. The molecule has 0 bridgehead atoms. The van der Waals surface area contributed by atoms with Gasteiger partial charge < -0.3 is 4.98 Å². The summed E-state index contributed by atoms with van der Waals surface area (Å²) < 4.78 is 13.0. The van der Waals surface area contributed by atoms with Crippen LogP contribution in [0.15, 0.2) is 30.5 Å². The maximum absolute atomic E-state index is 13.0. The van der Waals surface area contributed by atoms with Crippen molar-refractivity contribution in [3.05, 3.63) is 58.7 Å². The van der Waals surface area contributed by atoms with Gasteiger partial charge in [0, 0.05) is 14.7 Å². The molecule has 0 amide bonds. The Morgan fingerprint density at radius 3 is 2.69 bits per heavy atom. The number of halogens is 1. The molecule has 0 aliphatic heterocycles. The third-order valence-corrected chi connectivity index (χ3v) is 3.08. The first-order valence-electron chi connectivity index (χ1n) is 5.54. The largest absolute Gasteiger partial charge is 0.365 e. The minimum atomic E-state index is -0.153. The number of benzene rings is 1. The van der Waals surface area contributed by atoms with Crippen molar-refractivity contribution in [2.24, 2.45) is 0 Å². The van der Waals surface area contributed by atoms with Gasteiger partial charge in [-0.3, -0.25) is 0 Å². The molecule has 1 heterocycles. The first-order valence-corrected chi connectivity index (χ1v) is 5.54. The summed E-state index contributed by atoms with van der Waals surface area (Å²) in [5, 5.41) is 0. The molecule has 1 N–H and O–H groups in total. The lowest BCUT2D eigenvalue weighted by molar-refractivity contribution is 0.625. The van der Waals surface area contributed by atoms with E-state index in [2.05, 4.69) is 18.8 Å². The number of rotatable bonds is 3. The van der Waals surface area contributed by atoms with Crippen molar-refractivity contribution in [2.45, 2.75) is 26.7 Å². The van der Waals surface area contributed by atoms with E-state index in [9.17, 15) is 4.39 Å². The summed E-state index contributed by atoms with van der Waals surface area (Å²) in [4.78, 5) is 3.21. The van der Waals surface area contributed by atoms with E-state index in [4.69, 9.17) is 0 Å². The average molecular weight is 221 g/mol. The molecule has 0 aliphatic rings. The van der Waals surface area contributed by atoms with Crippen molar-refractivity contribution < 1.29 is 7.24 Å². The van der Waals surface area contributed by atoms with E-state index in [1.54, 1.807) is 12.1 Å². The number of aromatic amines is 1. The lowest BCUT2D eigenvalue weighted by atomic mass is 10.0. The zero-order valence-electron chi connectivity index (χ0n) is 9.68. The molecule has 2 rings (SSSR count). The van der Waals surface area contributed by atoms with Crippen molar-refractivity contribution in [2.75, 3.05) is 0 Å². The summed E-state index contributed by atoms with van der Waals surface area (Å²) in [5.74, 6) is -0.153. The van der Waals surface area contributed by atoms with Crippen molar-refractivity contribution in [1.82, 2.24) is 4.98 Å². The van der Waals surface area contributed by atoms with Gasteiger partial charge in [-0.15, -0.1) is 0 Å². The van der Waals surface area contributed by atoms with Crippen LogP contribution < -0.4 is 0 Å². The first-order chi connectivity index (χ1) is 7.66. The van der Waals surface area contributed by atoms with E-state index in [1.165, 1.54) is 22.9 Å². The molecule has 1 aromatic heterocycles. The molecular formula is C14H20FN. The highest BCUT2D eigenvalue weighted by Gasteiger charge is 2.03. The Bertz CT molecular complexity index is 494. The predicted octanol–water partition coefficient (Wildman–Crippen LogP) is 4.05. The van der Waals surface area contributed by atoms with E-state index in [1.807, 2.05) is 12.3 Å². The molecule has 0 radical (unpaired) electrons. The van der Waals surface area contributed by atoms with Crippen molar-refractivity contribution >= 4 is 0 Å². The molecule has 88 valence electrons. The van der Waals surface area contributed by atoms with Crippen LogP contribution in [0.3, 0.4) is 0 Å². The van der Waals surface area contributed by atoms with Crippen molar-refractivity contribution in [3.63, 3.8) is 0 Å². The minimum absolute atomic E-state index is 0. The molecule has 0 saturated carbocycles. The van der Waals surface area contributed by atoms with Crippen LogP contribution in [0.2, 0.25) is 0 Å². The third-order valence-electron chi connectivity index (χ3n) is 3.08. The first kappa shape index (κ1) is 10.9. The zero-order valence-corrected chi connectivity index (χ0v) is 9.68. The number of H-pyrrole nitrogens is 1. The summed E-state index contributed by atoms with van der Waals surface area (Å²) in [6.07, 6.45) is 3.89. The summed E-state index contributed by atoms with van der Waals surface area (Å²) in [6, 6.07) is 6.82. The molecule has 16 heavy (non-hydrogen) atoms. The van der Waals surface area contributed by atoms with Crippen LogP contribution in [0.5, 0.6) is 0 Å². The fraction of sp³-hybridized carbons (Fsp3) is 0.286. The minimum Gasteiger partial charge on any atom is -0.365 e. The van der Waals surface area contributed by atoms with E-state index in [-0.39, 0.29) is 8.67 Å². The number of aromatic nitrogens is 1. The Kier molecular flexibility index (Phi) is 3.09. The molecule has 0 spiro atoms. The summed E-state index contributed by atoms with van der Waals surface area (Å²) >= 11 is 0. The van der Waals surface area contributed by atoms with Gasteiger partial charge in [0.15, 0.2) is 0 Å². The quantitative estimate of drug-likeness (QED) is 0.805. The number of aryl methyl sites for hydroxylation is 3. The van der Waals surface area contributed by atoms with Crippen LogP contribution in [-0.2, 0) is 12.8 Å². The molecule has 0 saturated heterocycles. The zero-order chi connectivity index (χ0) is 11.5. The van der Waals surface area contributed by atoms with Gasteiger partial charge in [0.1, 0.15) is 5.82 Å².